The summed E-state index contributed by atoms with van der Waals surface area (Å²) in [5, 5.41) is 2.84. The van der Waals surface area contributed by atoms with Crippen molar-refractivity contribution >= 4 is 23.2 Å². The van der Waals surface area contributed by atoms with Crippen LogP contribution in [0.4, 0.5) is 11.4 Å². The number of nitrogens with one attached hydrogen (secondary N) is 1. The number of ether oxygens (including phenoxy) is 1. The fourth-order valence-corrected chi connectivity index (χ4v) is 2.52. The number of hydrogen-bond donors (Lipinski definition) is 1. The maximum Gasteiger partial charge on any atom is 0.265 e. The summed E-state index contributed by atoms with van der Waals surface area (Å²) < 4.78 is 5.50. The smallest absolute Gasteiger partial charge is 0.265 e. The third-order valence-electron chi connectivity index (χ3n) is 3.62. The molecule has 0 spiro atoms. The van der Waals surface area contributed by atoms with Crippen molar-refractivity contribution in [1.29, 1.82) is 0 Å². The van der Waals surface area contributed by atoms with Gasteiger partial charge in [0.05, 0.1) is 5.69 Å². The maximum absolute atomic E-state index is 12.2. The van der Waals surface area contributed by atoms with E-state index in [0.717, 1.165) is 5.57 Å². The van der Waals surface area contributed by atoms with Crippen LogP contribution in [0.5, 0.6) is 5.75 Å². The molecule has 2 aromatic rings. The van der Waals surface area contributed by atoms with Gasteiger partial charge in [0, 0.05) is 23.9 Å². The first-order chi connectivity index (χ1) is 11.5. The highest BCUT2D eigenvalue weighted by Gasteiger charge is 2.25. The number of rotatable bonds is 4. The van der Waals surface area contributed by atoms with E-state index < -0.39 is 0 Å². The van der Waals surface area contributed by atoms with Crippen LogP contribution in [0.25, 0.3) is 0 Å². The van der Waals surface area contributed by atoms with E-state index in [1.807, 2.05) is 25.1 Å². The quantitative estimate of drug-likeness (QED) is 0.879. The lowest BCUT2D eigenvalue weighted by Gasteiger charge is -2.29. The Morgan fingerprint density at radius 3 is 2.71 bits per heavy atom. The lowest BCUT2D eigenvalue weighted by molar-refractivity contribution is -0.121. The minimum Gasteiger partial charge on any atom is -0.481 e. The fraction of sp³-hybridized carbons (Fsp3) is 0.158. The molecule has 0 saturated carbocycles. The molecule has 5 heteroatoms. The molecule has 0 unspecified atom stereocenters. The van der Waals surface area contributed by atoms with Gasteiger partial charge in [-0.1, -0.05) is 30.4 Å². The Balaban J connectivity index is 1.82. The van der Waals surface area contributed by atoms with Crippen molar-refractivity contribution in [3.63, 3.8) is 0 Å². The standard InChI is InChI=1S/C19H18N2O3/c1-13(2)11-21-16-9-8-15(10-17(16)24-12-18(21)22)20-19(23)14-6-4-3-5-7-14/h3-10H,1,11-12H2,2H3,(H,20,23). The Morgan fingerprint density at radius 1 is 1.25 bits per heavy atom. The lowest BCUT2D eigenvalue weighted by Crippen LogP contribution is -2.39. The van der Waals surface area contributed by atoms with Crippen molar-refractivity contribution in [3.8, 4) is 5.75 Å². The van der Waals surface area contributed by atoms with Gasteiger partial charge in [-0.2, -0.15) is 0 Å². The van der Waals surface area contributed by atoms with Crippen LogP contribution in [0.2, 0.25) is 0 Å². The first-order valence-electron chi connectivity index (χ1n) is 7.62. The molecular weight excluding hydrogens is 304 g/mol. The normalized spacial score (nSPS) is 13.0. The lowest BCUT2D eigenvalue weighted by atomic mass is 10.1. The van der Waals surface area contributed by atoms with Crippen LogP contribution in [-0.2, 0) is 4.79 Å². The molecule has 2 amide bonds. The molecule has 1 aliphatic rings. The van der Waals surface area contributed by atoms with Gasteiger partial charge in [-0.05, 0) is 31.2 Å². The zero-order valence-corrected chi connectivity index (χ0v) is 13.4. The number of amides is 2. The Morgan fingerprint density at radius 2 is 2.00 bits per heavy atom. The van der Waals surface area contributed by atoms with Crippen LogP contribution in [0.15, 0.2) is 60.7 Å². The third kappa shape index (κ3) is 3.30. The zero-order valence-electron chi connectivity index (χ0n) is 13.4. The van der Waals surface area contributed by atoms with Gasteiger partial charge in [-0.3, -0.25) is 9.59 Å². The maximum atomic E-state index is 12.2. The number of benzene rings is 2. The highest BCUT2D eigenvalue weighted by atomic mass is 16.5. The van der Waals surface area contributed by atoms with Crippen molar-refractivity contribution in [1.82, 2.24) is 0 Å². The first kappa shape index (κ1) is 15.8. The number of carbonyl (C=O) groups excluding carboxylic acids is 2. The van der Waals surface area contributed by atoms with Gasteiger partial charge in [-0.15, -0.1) is 0 Å². The largest absolute Gasteiger partial charge is 0.481 e. The van der Waals surface area contributed by atoms with Gasteiger partial charge < -0.3 is 15.0 Å². The van der Waals surface area contributed by atoms with E-state index in [-0.39, 0.29) is 18.4 Å². The van der Waals surface area contributed by atoms with E-state index in [2.05, 4.69) is 11.9 Å². The fourth-order valence-electron chi connectivity index (χ4n) is 2.52. The van der Waals surface area contributed by atoms with Crippen LogP contribution in [0.3, 0.4) is 0 Å². The van der Waals surface area contributed by atoms with Crippen molar-refractivity contribution in [2.75, 3.05) is 23.4 Å². The van der Waals surface area contributed by atoms with Gasteiger partial charge in [0.1, 0.15) is 5.75 Å². The molecule has 0 bridgehead atoms. The molecule has 1 N–H and O–H groups in total. The molecular formula is C19H18N2O3. The van der Waals surface area contributed by atoms with E-state index in [1.165, 1.54) is 0 Å². The minimum atomic E-state index is -0.193. The minimum absolute atomic E-state index is 0.0175. The van der Waals surface area contributed by atoms with Crippen LogP contribution >= 0.6 is 0 Å². The predicted molar refractivity (Wildman–Crippen MR) is 93.5 cm³/mol. The summed E-state index contributed by atoms with van der Waals surface area (Å²) >= 11 is 0. The van der Waals surface area contributed by atoms with Crippen molar-refractivity contribution < 1.29 is 14.3 Å². The second kappa shape index (κ2) is 6.58. The number of fused-ring (bicyclic) bond motifs is 1. The molecule has 0 aromatic heterocycles. The average Bonchev–Trinajstić information content (AvgIpc) is 2.58. The van der Waals surface area contributed by atoms with Crippen molar-refractivity contribution in [2.45, 2.75) is 6.92 Å². The van der Waals surface area contributed by atoms with E-state index in [0.29, 0.717) is 29.2 Å². The second-order valence-corrected chi connectivity index (χ2v) is 5.73. The first-order valence-corrected chi connectivity index (χ1v) is 7.62. The van der Waals surface area contributed by atoms with Gasteiger partial charge in [0.2, 0.25) is 0 Å². The van der Waals surface area contributed by atoms with E-state index in [9.17, 15) is 9.59 Å². The Hall–Kier alpha value is -3.08. The molecule has 5 nitrogen and oxygen atoms in total. The number of anilines is 2. The SMILES string of the molecule is C=C(C)CN1C(=O)COc2cc(NC(=O)c3ccccc3)ccc21. The molecule has 1 heterocycles. The molecule has 3 rings (SSSR count). The second-order valence-electron chi connectivity index (χ2n) is 5.73. The Kier molecular flexibility index (Phi) is 4.33. The van der Waals surface area contributed by atoms with Gasteiger partial charge in [0.25, 0.3) is 11.8 Å². The van der Waals surface area contributed by atoms with Crippen LogP contribution in [0, 0.1) is 0 Å². The van der Waals surface area contributed by atoms with Gasteiger partial charge in [-0.25, -0.2) is 0 Å². The number of hydrogen-bond acceptors (Lipinski definition) is 3. The molecule has 24 heavy (non-hydrogen) atoms. The van der Waals surface area contributed by atoms with Gasteiger partial charge >= 0.3 is 0 Å². The molecule has 122 valence electrons. The molecule has 2 aromatic carbocycles. The summed E-state index contributed by atoms with van der Waals surface area (Å²) in [6.45, 7) is 6.16. The van der Waals surface area contributed by atoms with Crippen molar-refractivity contribution in [2.24, 2.45) is 0 Å². The topological polar surface area (TPSA) is 58.6 Å². The molecule has 0 atom stereocenters. The summed E-state index contributed by atoms with van der Waals surface area (Å²) in [5.74, 6) is 0.273. The summed E-state index contributed by atoms with van der Waals surface area (Å²) in [5.41, 5.74) is 2.77. The van der Waals surface area contributed by atoms with E-state index in [1.54, 1.807) is 35.2 Å². The molecule has 0 aliphatic carbocycles. The van der Waals surface area contributed by atoms with E-state index in [4.69, 9.17) is 4.74 Å². The Bertz CT molecular complexity index is 800. The average molecular weight is 322 g/mol. The number of carbonyl (C=O) groups is 2. The van der Waals surface area contributed by atoms with Crippen LogP contribution in [0.1, 0.15) is 17.3 Å². The molecule has 0 fully saturated rings. The van der Waals surface area contributed by atoms with Crippen molar-refractivity contribution in [3.05, 3.63) is 66.2 Å². The zero-order chi connectivity index (χ0) is 17.1. The van der Waals surface area contributed by atoms with Crippen LogP contribution < -0.4 is 15.0 Å². The van der Waals surface area contributed by atoms with Gasteiger partial charge in [0.15, 0.2) is 6.61 Å². The summed E-state index contributed by atoms with van der Waals surface area (Å²) in [4.78, 5) is 25.9. The Labute approximate surface area is 140 Å². The number of nitrogens with zero attached hydrogens (tertiary/aromatic N) is 1. The van der Waals surface area contributed by atoms with E-state index >= 15 is 0 Å². The molecule has 0 saturated heterocycles. The summed E-state index contributed by atoms with van der Waals surface area (Å²) in [6.07, 6.45) is 0. The highest BCUT2D eigenvalue weighted by molar-refractivity contribution is 6.05. The summed E-state index contributed by atoms with van der Waals surface area (Å²) in [7, 11) is 0. The molecule has 0 radical (unpaired) electrons. The highest BCUT2D eigenvalue weighted by Crippen LogP contribution is 2.35. The monoisotopic (exact) mass is 322 g/mol. The molecule has 1 aliphatic heterocycles. The van der Waals surface area contributed by atoms with Crippen LogP contribution in [-0.4, -0.2) is 25.0 Å². The predicted octanol–water partition coefficient (Wildman–Crippen LogP) is 3.24. The third-order valence-corrected chi connectivity index (χ3v) is 3.62. The summed E-state index contributed by atoms with van der Waals surface area (Å²) in [6, 6.07) is 14.2.